The van der Waals surface area contributed by atoms with E-state index in [0.29, 0.717) is 13.1 Å². The first-order chi connectivity index (χ1) is 15.9. The number of piperazine rings is 1. The Hall–Kier alpha value is -3.16. The molecule has 1 unspecified atom stereocenters. The van der Waals surface area contributed by atoms with Crippen LogP contribution in [0.15, 0.2) is 72.1 Å². The minimum atomic E-state index is -3.53. The van der Waals surface area contributed by atoms with Crippen molar-refractivity contribution in [2.45, 2.75) is 12.8 Å². The van der Waals surface area contributed by atoms with E-state index in [1.54, 1.807) is 18.1 Å². The predicted molar refractivity (Wildman–Crippen MR) is 131 cm³/mol. The van der Waals surface area contributed by atoms with Crippen LogP contribution in [0.25, 0.3) is 16.8 Å². The molecule has 3 aromatic carbocycles. The highest BCUT2D eigenvalue weighted by molar-refractivity contribution is 7.92. The van der Waals surface area contributed by atoms with Crippen LogP contribution in [-0.2, 0) is 14.8 Å². The SMILES string of the molecule is COc1ccc2cc(C(C)C(=O)N3CCN(S(=O)(=O)/C=C/c4ccccc4)CC3)ccc2c1. The number of benzene rings is 3. The highest BCUT2D eigenvalue weighted by Crippen LogP contribution is 2.26. The van der Waals surface area contributed by atoms with Gasteiger partial charge in [-0.25, -0.2) is 8.42 Å². The number of rotatable bonds is 6. The molecule has 1 aliphatic rings. The van der Waals surface area contributed by atoms with Gasteiger partial charge in [0.05, 0.1) is 13.0 Å². The van der Waals surface area contributed by atoms with Crippen LogP contribution in [0.3, 0.4) is 0 Å². The van der Waals surface area contributed by atoms with E-state index < -0.39 is 10.0 Å². The molecule has 0 radical (unpaired) electrons. The number of carbonyl (C=O) groups is 1. The maximum atomic E-state index is 13.1. The molecule has 33 heavy (non-hydrogen) atoms. The molecule has 1 amide bonds. The summed E-state index contributed by atoms with van der Waals surface area (Å²) in [5.74, 6) is 0.503. The van der Waals surface area contributed by atoms with E-state index >= 15 is 0 Å². The van der Waals surface area contributed by atoms with Gasteiger partial charge in [0.15, 0.2) is 0 Å². The number of nitrogens with zero attached hydrogens (tertiary/aromatic N) is 2. The first-order valence-corrected chi connectivity index (χ1v) is 12.5. The number of sulfonamides is 1. The van der Waals surface area contributed by atoms with Crippen LogP contribution < -0.4 is 4.74 Å². The van der Waals surface area contributed by atoms with Gasteiger partial charge in [-0.15, -0.1) is 0 Å². The summed E-state index contributed by atoms with van der Waals surface area (Å²) in [4.78, 5) is 14.9. The summed E-state index contributed by atoms with van der Waals surface area (Å²) in [5.41, 5.74) is 1.77. The van der Waals surface area contributed by atoms with Crippen molar-refractivity contribution in [2.75, 3.05) is 33.3 Å². The average molecular weight is 465 g/mol. The van der Waals surface area contributed by atoms with Crippen LogP contribution in [0.1, 0.15) is 24.0 Å². The number of fused-ring (bicyclic) bond motifs is 1. The second-order valence-corrected chi connectivity index (χ2v) is 10.00. The van der Waals surface area contributed by atoms with Gasteiger partial charge in [0.25, 0.3) is 0 Å². The minimum absolute atomic E-state index is 0.0136. The quantitative estimate of drug-likeness (QED) is 0.551. The zero-order valence-electron chi connectivity index (χ0n) is 18.8. The van der Waals surface area contributed by atoms with Crippen LogP contribution >= 0.6 is 0 Å². The molecule has 0 aliphatic carbocycles. The summed E-state index contributed by atoms with van der Waals surface area (Å²) >= 11 is 0. The van der Waals surface area contributed by atoms with E-state index in [0.717, 1.165) is 27.6 Å². The molecule has 1 heterocycles. The van der Waals surface area contributed by atoms with Gasteiger partial charge in [-0.3, -0.25) is 4.79 Å². The molecule has 6 nitrogen and oxygen atoms in total. The fourth-order valence-electron chi connectivity index (χ4n) is 4.03. The molecule has 1 saturated heterocycles. The van der Waals surface area contributed by atoms with Crippen LogP contribution in [0.2, 0.25) is 0 Å². The summed E-state index contributed by atoms with van der Waals surface area (Å²) < 4.78 is 32.1. The molecule has 0 N–H and O–H groups in total. The van der Waals surface area contributed by atoms with Crippen molar-refractivity contribution in [1.82, 2.24) is 9.21 Å². The molecule has 1 fully saturated rings. The lowest BCUT2D eigenvalue weighted by Crippen LogP contribution is -2.51. The Morgan fingerprint density at radius 1 is 0.939 bits per heavy atom. The van der Waals surface area contributed by atoms with Gasteiger partial charge in [0, 0.05) is 31.6 Å². The van der Waals surface area contributed by atoms with Gasteiger partial charge < -0.3 is 9.64 Å². The van der Waals surface area contributed by atoms with Crippen molar-refractivity contribution in [3.05, 3.63) is 83.3 Å². The maximum absolute atomic E-state index is 13.1. The lowest BCUT2D eigenvalue weighted by atomic mass is 9.96. The minimum Gasteiger partial charge on any atom is -0.497 e. The molecule has 172 valence electrons. The van der Waals surface area contributed by atoms with E-state index in [4.69, 9.17) is 4.74 Å². The molecule has 1 aliphatic heterocycles. The Morgan fingerprint density at radius 2 is 1.61 bits per heavy atom. The molecule has 0 saturated carbocycles. The van der Waals surface area contributed by atoms with Crippen LogP contribution in [-0.4, -0.2) is 56.8 Å². The Labute approximate surface area is 195 Å². The van der Waals surface area contributed by atoms with Crippen molar-refractivity contribution in [3.63, 3.8) is 0 Å². The van der Waals surface area contributed by atoms with Gasteiger partial charge in [0.1, 0.15) is 5.75 Å². The van der Waals surface area contributed by atoms with Crippen LogP contribution in [0, 0.1) is 0 Å². The third-order valence-corrected chi connectivity index (χ3v) is 7.65. The maximum Gasteiger partial charge on any atom is 0.236 e. The first-order valence-electron chi connectivity index (χ1n) is 11.0. The van der Waals surface area contributed by atoms with E-state index in [1.165, 1.54) is 9.71 Å². The second kappa shape index (κ2) is 9.77. The third-order valence-electron chi connectivity index (χ3n) is 6.08. The predicted octanol–water partition coefficient (Wildman–Crippen LogP) is 4.10. The number of amides is 1. The zero-order chi connectivity index (χ0) is 23.4. The number of ether oxygens (including phenoxy) is 1. The summed E-state index contributed by atoms with van der Waals surface area (Å²) in [6, 6.07) is 21.2. The normalized spacial score (nSPS) is 16.2. The van der Waals surface area contributed by atoms with Gasteiger partial charge >= 0.3 is 0 Å². The average Bonchev–Trinajstić information content (AvgIpc) is 2.86. The molecule has 0 spiro atoms. The van der Waals surface area contributed by atoms with Gasteiger partial charge in [-0.2, -0.15) is 4.31 Å². The molecule has 0 bridgehead atoms. The fraction of sp³-hybridized carbons (Fsp3) is 0.269. The summed E-state index contributed by atoms with van der Waals surface area (Å²) in [7, 11) is -1.89. The van der Waals surface area contributed by atoms with Crippen molar-refractivity contribution < 1.29 is 17.9 Å². The lowest BCUT2D eigenvalue weighted by Gasteiger charge is -2.34. The summed E-state index contributed by atoms with van der Waals surface area (Å²) in [6.07, 6.45) is 1.60. The second-order valence-electron chi connectivity index (χ2n) is 8.18. The van der Waals surface area contributed by atoms with E-state index in [-0.39, 0.29) is 24.9 Å². The smallest absolute Gasteiger partial charge is 0.236 e. The van der Waals surface area contributed by atoms with Crippen molar-refractivity contribution >= 4 is 32.8 Å². The fourth-order valence-corrected chi connectivity index (χ4v) is 5.21. The van der Waals surface area contributed by atoms with E-state index in [1.807, 2.05) is 73.7 Å². The summed E-state index contributed by atoms with van der Waals surface area (Å²) in [5, 5.41) is 3.35. The van der Waals surface area contributed by atoms with E-state index in [9.17, 15) is 13.2 Å². The van der Waals surface area contributed by atoms with Gasteiger partial charge in [0.2, 0.25) is 15.9 Å². The highest BCUT2D eigenvalue weighted by atomic mass is 32.2. The molecule has 0 aromatic heterocycles. The topological polar surface area (TPSA) is 66.9 Å². The Kier molecular flexibility index (Phi) is 6.81. The largest absolute Gasteiger partial charge is 0.497 e. The van der Waals surface area contributed by atoms with Crippen molar-refractivity contribution in [3.8, 4) is 5.75 Å². The molecule has 1 atom stereocenters. The number of hydrogen-bond donors (Lipinski definition) is 0. The number of carbonyl (C=O) groups excluding carboxylic acids is 1. The summed E-state index contributed by atoms with van der Waals surface area (Å²) in [6.45, 7) is 3.24. The molecule has 7 heteroatoms. The standard InChI is InChI=1S/C26H28N2O4S/c1-20(22-8-9-24-19-25(32-2)11-10-23(24)18-22)26(29)27-13-15-28(16-14-27)33(30,31)17-12-21-6-4-3-5-7-21/h3-12,17-20H,13-16H2,1-2H3/b17-12+. The molecular weight excluding hydrogens is 436 g/mol. The van der Waals surface area contributed by atoms with Gasteiger partial charge in [-0.1, -0.05) is 54.6 Å². The number of methoxy groups -OCH3 is 1. The lowest BCUT2D eigenvalue weighted by molar-refractivity contribution is -0.133. The van der Waals surface area contributed by atoms with E-state index in [2.05, 4.69) is 0 Å². The molecule has 3 aromatic rings. The van der Waals surface area contributed by atoms with Crippen molar-refractivity contribution in [1.29, 1.82) is 0 Å². The number of hydrogen-bond acceptors (Lipinski definition) is 4. The molecule has 4 rings (SSSR count). The van der Waals surface area contributed by atoms with Crippen molar-refractivity contribution in [2.24, 2.45) is 0 Å². The Morgan fingerprint density at radius 3 is 2.30 bits per heavy atom. The highest BCUT2D eigenvalue weighted by Gasteiger charge is 2.29. The first kappa shape index (κ1) is 23.0. The Balaban J connectivity index is 1.39. The van der Waals surface area contributed by atoms with Crippen LogP contribution in [0.4, 0.5) is 0 Å². The Bertz CT molecular complexity index is 1260. The van der Waals surface area contributed by atoms with Gasteiger partial charge in [-0.05, 0) is 47.0 Å². The monoisotopic (exact) mass is 464 g/mol. The van der Waals surface area contributed by atoms with Crippen LogP contribution in [0.5, 0.6) is 5.75 Å². The zero-order valence-corrected chi connectivity index (χ0v) is 19.7. The third kappa shape index (κ3) is 5.26. The molecular formula is C26H28N2O4S.